The Morgan fingerprint density at radius 2 is 1.64 bits per heavy atom. The lowest BCUT2D eigenvalue weighted by atomic mass is 10.2. The second kappa shape index (κ2) is 9.14. The van der Waals surface area contributed by atoms with Crippen LogP contribution in [0, 0.1) is 0 Å². The maximum Gasteiger partial charge on any atom is 0.321 e. The van der Waals surface area contributed by atoms with E-state index in [1.807, 2.05) is 0 Å². The summed E-state index contributed by atoms with van der Waals surface area (Å²) in [6, 6.07) is 12.0. The predicted molar refractivity (Wildman–Crippen MR) is 102 cm³/mol. The summed E-state index contributed by atoms with van der Waals surface area (Å²) in [5, 5.41) is 8.20. The topological polar surface area (TPSA) is 92.9 Å². The molecule has 146 valence electrons. The van der Waals surface area contributed by atoms with Crippen LogP contribution in [-0.4, -0.2) is 43.2 Å². The first kappa shape index (κ1) is 19.6. The van der Waals surface area contributed by atoms with Crippen LogP contribution < -0.4 is 18.9 Å². The van der Waals surface area contributed by atoms with Gasteiger partial charge in [0.2, 0.25) is 5.89 Å². The van der Waals surface area contributed by atoms with Gasteiger partial charge >= 0.3 is 5.97 Å². The largest absolute Gasteiger partial charge is 0.497 e. The van der Waals surface area contributed by atoms with Crippen molar-refractivity contribution >= 4 is 17.7 Å². The summed E-state index contributed by atoms with van der Waals surface area (Å²) in [4.78, 5) is 12.0. The third-order valence-electron chi connectivity index (χ3n) is 3.64. The van der Waals surface area contributed by atoms with Gasteiger partial charge in [0.15, 0.2) is 11.5 Å². The summed E-state index contributed by atoms with van der Waals surface area (Å²) >= 11 is 1.09. The van der Waals surface area contributed by atoms with Crippen molar-refractivity contribution < 1.29 is 28.2 Å². The number of nitrogens with zero attached hydrogens (tertiary/aromatic N) is 2. The summed E-state index contributed by atoms with van der Waals surface area (Å²) in [5.74, 6) is 2.18. The van der Waals surface area contributed by atoms with Gasteiger partial charge in [-0.3, -0.25) is 4.79 Å². The first-order valence-corrected chi connectivity index (χ1v) is 9.15. The fraction of sp³-hybridized carbons (Fsp3) is 0.211. The van der Waals surface area contributed by atoms with E-state index in [9.17, 15) is 4.79 Å². The van der Waals surface area contributed by atoms with E-state index in [4.69, 9.17) is 23.4 Å². The molecule has 9 heteroatoms. The van der Waals surface area contributed by atoms with Gasteiger partial charge in [-0.1, -0.05) is 11.8 Å². The molecule has 0 aliphatic heterocycles. The number of rotatable bonds is 8. The van der Waals surface area contributed by atoms with E-state index < -0.39 is 5.97 Å². The van der Waals surface area contributed by atoms with Crippen LogP contribution in [0.5, 0.6) is 23.0 Å². The molecule has 3 aromatic rings. The molecule has 2 aromatic carbocycles. The normalized spacial score (nSPS) is 10.4. The SMILES string of the molecule is COc1ccc(OC(=O)CSc2nnc(-c3ccc(OC)c(OC)c3)o2)cc1. The number of hydrogen-bond donors (Lipinski definition) is 0. The van der Waals surface area contributed by atoms with Crippen molar-refractivity contribution in [2.75, 3.05) is 27.1 Å². The van der Waals surface area contributed by atoms with E-state index in [0.717, 1.165) is 11.8 Å². The highest BCUT2D eigenvalue weighted by Gasteiger charge is 2.14. The van der Waals surface area contributed by atoms with Crippen LogP contribution in [0.25, 0.3) is 11.5 Å². The van der Waals surface area contributed by atoms with Gasteiger partial charge in [0.25, 0.3) is 5.22 Å². The van der Waals surface area contributed by atoms with Crippen LogP contribution in [0.1, 0.15) is 0 Å². The van der Waals surface area contributed by atoms with Crippen LogP contribution in [0.4, 0.5) is 0 Å². The standard InChI is InChI=1S/C19H18N2O6S/c1-23-13-5-7-14(8-6-13)26-17(22)11-28-19-21-20-18(27-19)12-4-9-15(24-2)16(10-12)25-3/h4-10H,11H2,1-3H3. The highest BCUT2D eigenvalue weighted by atomic mass is 32.2. The Morgan fingerprint density at radius 3 is 2.32 bits per heavy atom. The van der Waals surface area contributed by atoms with Crippen LogP contribution in [0.3, 0.4) is 0 Å². The van der Waals surface area contributed by atoms with Gasteiger partial charge < -0.3 is 23.4 Å². The smallest absolute Gasteiger partial charge is 0.321 e. The summed E-state index contributed by atoms with van der Waals surface area (Å²) in [7, 11) is 4.67. The van der Waals surface area contributed by atoms with Crippen molar-refractivity contribution in [3.63, 3.8) is 0 Å². The van der Waals surface area contributed by atoms with Gasteiger partial charge in [-0.2, -0.15) is 0 Å². The Bertz CT molecular complexity index is 942. The second-order valence-electron chi connectivity index (χ2n) is 5.38. The first-order chi connectivity index (χ1) is 13.6. The Kier molecular flexibility index (Phi) is 6.38. The predicted octanol–water partition coefficient (Wildman–Crippen LogP) is 3.46. The minimum absolute atomic E-state index is 0.0274. The van der Waals surface area contributed by atoms with E-state index in [1.54, 1.807) is 63.8 Å². The number of hydrogen-bond acceptors (Lipinski definition) is 9. The number of thioether (sulfide) groups is 1. The molecule has 0 amide bonds. The van der Waals surface area contributed by atoms with Crippen molar-refractivity contribution in [3.05, 3.63) is 42.5 Å². The molecular formula is C19H18N2O6S. The van der Waals surface area contributed by atoms with Gasteiger partial charge in [0.05, 0.1) is 21.3 Å². The molecule has 1 heterocycles. The first-order valence-electron chi connectivity index (χ1n) is 8.16. The lowest BCUT2D eigenvalue weighted by Crippen LogP contribution is -2.10. The van der Waals surface area contributed by atoms with E-state index in [1.165, 1.54) is 0 Å². The molecule has 0 atom stereocenters. The fourth-order valence-corrected chi connectivity index (χ4v) is 2.82. The lowest BCUT2D eigenvalue weighted by molar-refractivity contribution is -0.131. The van der Waals surface area contributed by atoms with Gasteiger partial charge in [0.1, 0.15) is 17.3 Å². The molecule has 0 bridgehead atoms. The van der Waals surface area contributed by atoms with Crippen LogP contribution in [0.15, 0.2) is 52.1 Å². The summed E-state index contributed by atoms with van der Waals surface area (Å²) in [6.45, 7) is 0. The molecule has 8 nitrogen and oxygen atoms in total. The van der Waals surface area contributed by atoms with Crippen molar-refractivity contribution in [1.82, 2.24) is 10.2 Å². The second-order valence-corrected chi connectivity index (χ2v) is 6.31. The minimum Gasteiger partial charge on any atom is -0.497 e. The molecule has 0 radical (unpaired) electrons. The lowest BCUT2D eigenvalue weighted by Gasteiger charge is -2.07. The van der Waals surface area contributed by atoms with Crippen LogP contribution in [-0.2, 0) is 4.79 Å². The monoisotopic (exact) mass is 402 g/mol. The Hall–Kier alpha value is -3.20. The van der Waals surface area contributed by atoms with Gasteiger partial charge in [-0.25, -0.2) is 0 Å². The Balaban J connectivity index is 1.59. The molecule has 0 unspecified atom stereocenters. The molecule has 1 aromatic heterocycles. The third kappa shape index (κ3) is 4.74. The summed E-state index contributed by atoms with van der Waals surface area (Å²) in [5.41, 5.74) is 0.679. The van der Waals surface area contributed by atoms with Crippen molar-refractivity contribution in [1.29, 1.82) is 0 Å². The maximum atomic E-state index is 12.0. The quantitative estimate of drug-likeness (QED) is 0.319. The zero-order valence-corrected chi connectivity index (χ0v) is 16.3. The number of benzene rings is 2. The fourth-order valence-electron chi connectivity index (χ4n) is 2.28. The highest BCUT2D eigenvalue weighted by molar-refractivity contribution is 7.99. The van der Waals surface area contributed by atoms with Gasteiger partial charge in [-0.15, -0.1) is 10.2 Å². The number of ether oxygens (including phenoxy) is 4. The Morgan fingerprint density at radius 1 is 0.929 bits per heavy atom. The molecule has 0 saturated carbocycles. The number of esters is 1. The van der Waals surface area contributed by atoms with Crippen LogP contribution >= 0.6 is 11.8 Å². The average molecular weight is 402 g/mol. The van der Waals surface area contributed by atoms with E-state index in [0.29, 0.717) is 34.5 Å². The van der Waals surface area contributed by atoms with Crippen molar-refractivity contribution in [2.45, 2.75) is 5.22 Å². The average Bonchev–Trinajstić information content (AvgIpc) is 3.21. The highest BCUT2D eigenvalue weighted by Crippen LogP contribution is 2.32. The molecule has 0 fully saturated rings. The zero-order chi connectivity index (χ0) is 19.9. The summed E-state index contributed by atoms with van der Waals surface area (Å²) < 4.78 is 26.4. The van der Waals surface area contributed by atoms with Crippen molar-refractivity contribution in [3.8, 4) is 34.5 Å². The number of methoxy groups -OCH3 is 3. The molecule has 0 aliphatic rings. The third-order valence-corrected chi connectivity index (χ3v) is 4.43. The number of carbonyl (C=O) groups excluding carboxylic acids is 1. The van der Waals surface area contributed by atoms with Crippen molar-refractivity contribution in [2.24, 2.45) is 0 Å². The Labute approximate surface area is 165 Å². The molecule has 28 heavy (non-hydrogen) atoms. The summed E-state index contributed by atoms with van der Waals surface area (Å²) in [6.07, 6.45) is 0. The molecule has 0 N–H and O–H groups in total. The molecule has 3 rings (SSSR count). The van der Waals surface area contributed by atoms with E-state index >= 15 is 0 Å². The van der Waals surface area contributed by atoms with E-state index in [2.05, 4.69) is 10.2 Å². The molecular weight excluding hydrogens is 384 g/mol. The number of aromatic nitrogens is 2. The van der Waals surface area contributed by atoms with Gasteiger partial charge in [-0.05, 0) is 42.5 Å². The minimum atomic E-state index is -0.430. The van der Waals surface area contributed by atoms with Crippen LogP contribution in [0.2, 0.25) is 0 Å². The zero-order valence-electron chi connectivity index (χ0n) is 15.5. The molecule has 0 saturated heterocycles. The maximum absolute atomic E-state index is 12.0. The molecule has 0 aliphatic carbocycles. The van der Waals surface area contributed by atoms with Gasteiger partial charge in [0, 0.05) is 5.56 Å². The number of carbonyl (C=O) groups is 1. The van der Waals surface area contributed by atoms with E-state index in [-0.39, 0.29) is 11.0 Å². The molecule has 0 spiro atoms.